The fourth-order valence-corrected chi connectivity index (χ4v) is 5.59. The van der Waals surface area contributed by atoms with Crippen molar-refractivity contribution >= 4 is 15.9 Å². The average Bonchev–Trinajstić information content (AvgIpc) is 2.40. The van der Waals surface area contributed by atoms with Crippen molar-refractivity contribution in [1.29, 1.82) is 0 Å². The number of rotatable bonds is 4. The van der Waals surface area contributed by atoms with Gasteiger partial charge in [-0.3, -0.25) is 0 Å². The lowest BCUT2D eigenvalue weighted by atomic mass is 9.47. The SMILES string of the molecule is C=C1CC[C@@H]2C(C)(C)CCC[C@@]2(C)[C@@H]1CC/C=C(\C)CBr. The second-order valence-electron chi connectivity index (χ2n) is 8.41. The summed E-state index contributed by atoms with van der Waals surface area (Å²) < 4.78 is 0. The first kappa shape index (κ1) is 17.3. The fourth-order valence-electron chi connectivity index (χ4n) is 5.36. The zero-order chi connectivity index (χ0) is 15.7. The predicted molar refractivity (Wildman–Crippen MR) is 97.9 cm³/mol. The summed E-state index contributed by atoms with van der Waals surface area (Å²) in [5.41, 5.74) is 4.01. The maximum Gasteiger partial charge on any atom is 0.0239 e. The molecular weight excluding hydrogens is 320 g/mol. The van der Waals surface area contributed by atoms with Crippen LogP contribution in [0.1, 0.15) is 72.6 Å². The second-order valence-corrected chi connectivity index (χ2v) is 8.97. The van der Waals surface area contributed by atoms with Gasteiger partial charge in [-0.15, -0.1) is 0 Å². The normalized spacial score (nSPS) is 36.4. The topological polar surface area (TPSA) is 0 Å². The third-order valence-electron chi connectivity index (χ3n) is 6.48. The van der Waals surface area contributed by atoms with Crippen LogP contribution in [0, 0.1) is 22.7 Å². The Hall–Kier alpha value is -0.0400. The van der Waals surface area contributed by atoms with E-state index in [0.29, 0.717) is 10.8 Å². The minimum absolute atomic E-state index is 0.493. The molecule has 0 heterocycles. The maximum absolute atomic E-state index is 4.47. The molecule has 2 aliphatic rings. The molecule has 0 saturated heterocycles. The smallest absolute Gasteiger partial charge is 0.0239 e. The van der Waals surface area contributed by atoms with Crippen molar-refractivity contribution in [1.82, 2.24) is 0 Å². The molecule has 0 radical (unpaired) electrons. The zero-order valence-corrected chi connectivity index (χ0v) is 16.1. The van der Waals surface area contributed by atoms with Gasteiger partial charge < -0.3 is 0 Å². The first-order chi connectivity index (χ1) is 9.81. The first-order valence-electron chi connectivity index (χ1n) is 8.70. The molecule has 0 aliphatic heterocycles. The monoisotopic (exact) mass is 352 g/mol. The molecule has 0 aromatic carbocycles. The molecule has 0 aromatic rings. The summed E-state index contributed by atoms with van der Waals surface area (Å²) in [5, 5.41) is 1.01. The van der Waals surface area contributed by atoms with Gasteiger partial charge in [0, 0.05) is 5.33 Å². The minimum Gasteiger partial charge on any atom is -0.0996 e. The molecule has 0 nitrogen and oxygen atoms in total. The highest BCUT2D eigenvalue weighted by molar-refractivity contribution is 9.09. The van der Waals surface area contributed by atoms with E-state index >= 15 is 0 Å². The summed E-state index contributed by atoms with van der Waals surface area (Å²) in [6.45, 7) is 14.3. The van der Waals surface area contributed by atoms with E-state index in [2.05, 4.69) is 56.3 Å². The quantitative estimate of drug-likeness (QED) is 0.381. The van der Waals surface area contributed by atoms with Crippen LogP contribution in [0.5, 0.6) is 0 Å². The first-order valence-corrected chi connectivity index (χ1v) is 9.82. The van der Waals surface area contributed by atoms with Crippen molar-refractivity contribution in [2.75, 3.05) is 5.33 Å². The Morgan fingerprint density at radius 1 is 1.33 bits per heavy atom. The third kappa shape index (κ3) is 3.49. The van der Waals surface area contributed by atoms with E-state index in [0.717, 1.165) is 17.2 Å². The number of hydrogen-bond donors (Lipinski definition) is 0. The molecule has 0 spiro atoms. The molecule has 3 atom stereocenters. The molecule has 2 rings (SSSR count). The van der Waals surface area contributed by atoms with Crippen LogP contribution in [-0.2, 0) is 0 Å². The van der Waals surface area contributed by atoms with Crippen molar-refractivity contribution < 1.29 is 0 Å². The minimum atomic E-state index is 0.493. The van der Waals surface area contributed by atoms with E-state index < -0.39 is 0 Å². The Kier molecular flexibility index (Phi) is 5.45. The lowest BCUT2D eigenvalue weighted by Crippen LogP contribution is -2.49. The molecule has 0 aromatic heterocycles. The molecule has 0 bridgehead atoms. The lowest BCUT2D eigenvalue weighted by Gasteiger charge is -2.58. The number of hydrogen-bond acceptors (Lipinski definition) is 0. The van der Waals surface area contributed by atoms with Crippen LogP contribution < -0.4 is 0 Å². The van der Waals surface area contributed by atoms with Crippen LogP contribution in [0.4, 0.5) is 0 Å². The second kappa shape index (κ2) is 6.60. The number of fused-ring (bicyclic) bond motifs is 1. The number of halogens is 1. The molecular formula is C20H33Br. The molecule has 120 valence electrons. The molecule has 2 saturated carbocycles. The molecule has 21 heavy (non-hydrogen) atoms. The van der Waals surface area contributed by atoms with Gasteiger partial charge in [-0.25, -0.2) is 0 Å². The summed E-state index contributed by atoms with van der Waals surface area (Å²) in [6, 6.07) is 0. The van der Waals surface area contributed by atoms with Crippen LogP contribution in [0.2, 0.25) is 0 Å². The van der Waals surface area contributed by atoms with Gasteiger partial charge in [0.05, 0.1) is 0 Å². The summed E-state index contributed by atoms with van der Waals surface area (Å²) in [5.74, 6) is 1.62. The van der Waals surface area contributed by atoms with Crippen LogP contribution in [0.3, 0.4) is 0 Å². The van der Waals surface area contributed by atoms with E-state index in [9.17, 15) is 0 Å². The van der Waals surface area contributed by atoms with Crippen molar-refractivity contribution in [3.05, 3.63) is 23.8 Å². The molecule has 0 amide bonds. The molecule has 0 N–H and O–H groups in total. The predicted octanol–water partition coefficient (Wildman–Crippen LogP) is 6.91. The average molecular weight is 353 g/mol. The molecule has 2 aliphatic carbocycles. The van der Waals surface area contributed by atoms with Gasteiger partial charge in [0.25, 0.3) is 0 Å². The van der Waals surface area contributed by atoms with E-state index in [1.165, 1.54) is 56.1 Å². The Labute approximate surface area is 140 Å². The van der Waals surface area contributed by atoms with Crippen LogP contribution in [0.25, 0.3) is 0 Å². The summed E-state index contributed by atoms with van der Waals surface area (Å²) in [6.07, 6.45) is 11.8. The maximum atomic E-state index is 4.47. The molecule has 2 fully saturated rings. The summed E-state index contributed by atoms with van der Waals surface area (Å²) in [4.78, 5) is 0. The highest BCUT2D eigenvalue weighted by Crippen LogP contribution is 2.61. The van der Waals surface area contributed by atoms with E-state index in [1.807, 2.05) is 0 Å². The van der Waals surface area contributed by atoms with Crippen LogP contribution in [0.15, 0.2) is 23.8 Å². The van der Waals surface area contributed by atoms with E-state index in [4.69, 9.17) is 0 Å². The van der Waals surface area contributed by atoms with Gasteiger partial charge >= 0.3 is 0 Å². The van der Waals surface area contributed by atoms with Crippen molar-refractivity contribution in [2.24, 2.45) is 22.7 Å². The van der Waals surface area contributed by atoms with Crippen LogP contribution in [-0.4, -0.2) is 5.33 Å². The van der Waals surface area contributed by atoms with Gasteiger partial charge in [0.15, 0.2) is 0 Å². The van der Waals surface area contributed by atoms with Gasteiger partial charge in [-0.2, -0.15) is 0 Å². The molecule has 0 unspecified atom stereocenters. The Morgan fingerprint density at radius 2 is 2.05 bits per heavy atom. The summed E-state index contributed by atoms with van der Waals surface area (Å²) >= 11 is 3.55. The summed E-state index contributed by atoms with van der Waals surface area (Å²) in [7, 11) is 0. The van der Waals surface area contributed by atoms with E-state index in [1.54, 1.807) is 0 Å². The Balaban J connectivity index is 2.16. The lowest BCUT2D eigenvalue weighted by molar-refractivity contribution is -0.0537. The standard InChI is InChI=1S/C20H33Br/c1-15(14-21)8-6-9-17-16(2)10-11-18-19(3,4)12-7-13-20(17,18)5/h8,17-18H,2,6-7,9-14H2,1,3-5H3/b15-8+/t17-,18-,20+/m1/s1. The van der Waals surface area contributed by atoms with Crippen molar-refractivity contribution in [2.45, 2.75) is 72.6 Å². The largest absolute Gasteiger partial charge is 0.0996 e. The van der Waals surface area contributed by atoms with Gasteiger partial charge in [-0.1, -0.05) is 66.9 Å². The third-order valence-corrected chi connectivity index (χ3v) is 7.36. The van der Waals surface area contributed by atoms with Gasteiger partial charge in [-0.05, 0) is 68.1 Å². The van der Waals surface area contributed by atoms with Crippen molar-refractivity contribution in [3.63, 3.8) is 0 Å². The Morgan fingerprint density at radius 3 is 2.71 bits per heavy atom. The number of alkyl halides is 1. The zero-order valence-electron chi connectivity index (χ0n) is 14.5. The van der Waals surface area contributed by atoms with E-state index in [-0.39, 0.29) is 0 Å². The van der Waals surface area contributed by atoms with Gasteiger partial charge in [0.2, 0.25) is 0 Å². The highest BCUT2D eigenvalue weighted by Gasteiger charge is 2.52. The van der Waals surface area contributed by atoms with Crippen molar-refractivity contribution in [3.8, 4) is 0 Å². The highest BCUT2D eigenvalue weighted by atomic mass is 79.9. The molecule has 1 heteroatoms. The number of allylic oxidation sites excluding steroid dienone is 3. The van der Waals surface area contributed by atoms with Crippen LogP contribution >= 0.6 is 15.9 Å². The Bertz CT molecular complexity index is 418. The fraction of sp³-hybridized carbons (Fsp3) is 0.800. The van der Waals surface area contributed by atoms with Gasteiger partial charge in [0.1, 0.15) is 0 Å².